The Balaban J connectivity index is 2.10. The number of hydrogen-bond acceptors (Lipinski definition) is 9. The second-order valence-electron chi connectivity index (χ2n) is 8.98. The Labute approximate surface area is 234 Å². The fraction of sp³-hybridized carbons (Fsp3) is 0.321. The van der Waals surface area contributed by atoms with Crippen molar-refractivity contribution in [2.24, 2.45) is 0 Å². The predicted molar refractivity (Wildman–Crippen MR) is 152 cm³/mol. The van der Waals surface area contributed by atoms with Gasteiger partial charge in [0.15, 0.2) is 0 Å². The molecule has 1 aromatic carbocycles. The van der Waals surface area contributed by atoms with Gasteiger partial charge in [-0.05, 0) is 49.3 Å². The number of hydrogen-bond donors (Lipinski definition) is 3. The summed E-state index contributed by atoms with van der Waals surface area (Å²) < 4.78 is 51.9. The van der Waals surface area contributed by atoms with Crippen molar-refractivity contribution in [2.75, 3.05) is 31.9 Å². The summed E-state index contributed by atoms with van der Waals surface area (Å²) >= 11 is 0. The average Bonchev–Trinajstić information content (AvgIpc) is 2.93. The maximum atomic E-state index is 13.4. The first-order chi connectivity index (χ1) is 19.5. The number of fused-ring (bicyclic) bond motifs is 1. The zero-order valence-electron chi connectivity index (χ0n) is 23.2. The van der Waals surface area contributed by atoms with E-state index in [9.17, 15) is 18.0 Å². The Hall–Kier alpha value is -4.52. The molecule has 0 radical (unpaired) electrons. The third kappa shape index (κ3) is 6.98. The molecule has 1 unspecified atom stereocenters. The van der Waals surface area contributed by atoms with E-state index in [2.05, 4.69) is 26.8 Å². The number of anilines is 2. The first kappa shape index (κ1) is 31.0. The summed E-state index contributed by atoms with van der Waals surface area (Å²) in [4.78, 5) is 26.0. The van der Waals surface area contributed by atoms with Crippen LogP contribution < -0.4 is 16.6 Å². The second-order valence-corrected chi connectivity index (χ2v) is 8.98. The number of nitrogens with two attached hydrogens (primary N) is 1. The molecule has 0 bridgehead atoms. The summed E-state index contributed by atoms with van der Waals surface area (Å²) in [6.07, 6.45) is 1.89. The van der Waals surface area contributed by atoms with Crippen molar-refractivity contribution in [2.45, 2.75) is 39.0 Å². The monoisotopic (exact) mass is 571 g/mol. The highest BCUT2D eigenvalue weighted by Crippen LogP contribution is 2.31. The molecule has 10 nitrogen and oxygen atoms in total. The van der Waals surface area contributed by atoms with Crippen molar-refractivity contribution >= 4 is 28.3 Å². The largest absolute Gasteiger partial charge is 0.499 e. The quantitative estimate of drug-likeness (QED) is 0.156. The van der Waals surface area contributed by atoms with Gasteiger partial charge in [-0.1, -0.05) is 19.6 Å². The van der Waals surface area contributed by atoms with Crippen molar-refractivity contribution < 1.29 is 22.6 Å². The molecular weight excluding hydrogens is 539 g/mol. The van der Waals surface area contributed by atoms with E-state index in [4.69, 9.17) is 20.6 Å². The van der Waals surface area contributed by atoms with Crippen molar-refractivity contribution in [1.82, 2.24) is 19.5 Å². The van der Waals surface area contributed by atoms with Crippen LogP contribution in [0, 0.1) is 5.41 Å². The molecule has 0 saturated carbocycles. The van der Waals surface area contributed by atoms with E-state index in [1.807, 2.05) is 6.92 Å². The number of nitrogen functional groups attached to an aromatic ring is 1. The summed E-state index contributed by atoms with van der Waals surface area (Å²) in [6.45, 7) is 7.84. The number of ether oxygens (including phenoxy) is 2. The number of nitrogens with one attached hydrogen (secondary N) is 2. The number of rotatable bonds is 12. The van der Waals surface area contributed by atoms with Crippen LogP contribution in [-0.4, -0.2) is 46.1 Å². The van der Waals surface area contributed by atoms with Gasteiger partial charge in [0, 0.05) is 13.7 Å². The molecule has 0 aliphatic heterocycles. The second kappa shape index (κ2) is 13.2. The maximum Gasteiger partial charge on any atom is 0.416 e. The molecule has 1 atom stereocenters. The van der Waals surface area contributed by atoms with Crippen LogP contribution in [0.2, 0.25) is 0 Å². The Bertz CT molecular complexity index is 1560. The molecule has 0 spiro atoms. The van der Waals surface area contributed by atoms with Gasteiger partial charge in [0.05, 0.1) is 40.9 Å². The molecule has 41 heavy (non-hydrogen) atoms. The van der Waals surface area contributed by atoms with Gasteiger partial charge in [0.1, 0.15) is 36.2 Å². The summed E-state index contributed by atoms with van der Waals surface area (Å²) in [5.74, 6) is 0.878. The van der Waals surface area contributed by atoms with Crippen LogP contribution in [0.25, 0.3) is 10.9 Å². The number of aromatic nitrogens is 4. The number of halogens is 3. The minimum atomic E-state index is -4.59. The highest BCUT2D eigenvalue weighted by molar-refractivity contribution is 6.17. The van der Waals surface area contributed by atoms with Crippen molar-refractivity contribution in [1.29, 1.82) is 5.41 Å². The van der Waals surface area contributed by atoms with E-state index in [0.717, 1.165) is 18.2 Å². The van der Waals surface area contributed by atoms with Gasteiger partial charge in [-0.3, -0.25) is 14.8 Å². The van der Waals surface area contributed by atoms with Gasteiger partial charge < -0.3 is 20.5 Å². The zero-order chi connectivity index (χ0) is 30.3. The van der Waals surface area contributed by atoms with Crippen molar-refractivity contribution in [3.8, 4) is 0 Å². The fourth-order valence-corrected chi connectivity index (χ4v) is 4.11. The van der Waals surface area contributed by atoms with Crippen LogP contribution in [-0.2, 0) is 22.2 Å². The van der Waals surface area contributed by atoms with Gasteiger partial charge in [-0.2, -0.15) is 13.2 Å². The van der Waals surface area contributed by atoms with Gasteiger partial charge in [-0.15, -0.1) is 0 Å². The lowest BCUT2D eigenvalue weighted by molar-refractivity contribution is -0.137. The lowest BCUT2D eigenvalue weighted by Crippen LogP contribution is -2.29. The molecule has 0 aliphatic rings. The molecule has 3 aromatic rings. The standard InChI is InChI=1S/C28H32F3N7O3/c1-6-12-38-26(37-21-13-18(28(29,30)31)9-11-20(21)27(38)39)16(3)36-25-22(24(33)34-15-35-25)23(32)17(7-2)8-10-19(41-5)14-40-4/h7-11,13,15-16,32H,2,6,12,14H2,1,3-5H3,(H3,33,34,35,36)/b17-8+,19-10+,32-23?. The smallest absolute Gasteiger partial charge is 0.416 e. The van der Waals surface area contributed by atoms with Crippen LogP contribution in [0.4, 0.5) is 24.8 Å². The van der Waals surface area contributed by atoms with Gasteiger partial charge >= 0.3 is 6.18 Å². The SMILES string of the molecule is C=C/C(=C\C=C(/COC)OC)C(=N)c1c(N)ncnc1NC(C)c1nc2cc(C(F)(F)F)ccc2c(=O)n1CCC. The third-order valence-electron chi connectivity index (χ3n) is 6.13. The summed E-state index contributed by atoms with van der Waals surface area (Å²) in [5.41, 5.74) is 5.20. The lowest BCUT2D eigenvalue weighted by atomic mass is 10.0. The van der Waals surface area contributed by atoms with Crippen LogP contribution in [0.5, 0.6) is 0 Å². The highest BCUT2D eigenvalue weighted by Gasteiger charge is 2.31. The van der Waals surface area contributed by atoms with E-state index >= 15 is 0 Å². The first-order valence-electron chi connectivity index (χ1n) is 12.6. The molecule has 0 aliphatic carbocycles. The van der Waals surface area contributed by atoms with Crippen LogP contribution in [0.3, 0.4) is 0 Å². The molecular formula is C28H32F3N7O3. The average molecular weight is 572 g/mol. The molecule has 218 valence electrons. The molecule has 3 rings (SSSR count). The maximum absolute atomic E-state index is 13.4. The first-order valence-corrected chi connectivity index (χ1v) is 12.6. The molecule has 0 fully saturated rings. The number of benzene rings is 1. The van der Waals surface area contributed by atoms with E-state index in [0.29, 0.717) is 17.8 Å². The summed E-state index contributed by atoms with van der Waals surface area (Å²) in [5, 5.41) is 12.0. The number of nitrogens with zero attached hydrogens (tertiary/aromatic N) is 4. The topological polar surface area (TPSA) is 141 Å². The fourth-order valence-electron chi connectivity index (χ4n) is 4.11. The zero-order valence-corrected chi connectivity index (χ0v) is 23.2. The summed E-state index contributed by atoms with van der Waals surface area (Å²) in [7, 11) is 3.01. The minimum Gasteiger partial charge on any atom is -0.499 e. The Morgan fingerprint density at radius 1 is 1.27 bits per heavy atom. The third-order valence-corrected chi connectivity index (χ3v) is 6.13. The number of alkyl halides is 3. The van der Waals surface area contributed by atoms with Crippen molar-refractivity contribution in [3.63, 3.8) is 0 Å². The molecule has 0 amide bonds. The van der Waals surface area contributed by atoms with E-state index in [1.165, 1.54) is 31.2 Å². The van der Waals surface area contributed by atoms with Crippen LogP contribution in [0.1, 0.15) is 43.3 Å². The summed E-state index contributed by atoms with van der Waals surface area (Å²) in [6, 6.07) is 2.15. The minimum absolute atomic E-state index is 0.00697. The Morgan fingerprint density at radius 2 is 2.00 bits per heavy atom. The number of methoxy groups -OCH3 is 2. The molecule has 4 N–H and O–H groups in total. The van der Waals surface area contributed by atoms with Gasteiger partial charge in [0.25, 0.3) is 5.56 Å². The van der Waals surface area contributed by atoms with Crippen LogP contribution >= 0.6 is 0 Å². The lowest BCUT2D eigenvalue weighted by Gasteiger charge is -2.22. The van der Waals surface area contributed by atoms with E-state index < -0.39 is 23.3 Å². The highest BCUT2D eigenvalue weighted by atomic mass is 19.4. The normalized spacial score (nSPS) is 13.2. The van der Waals surface area contributed by atoms with Gasteiger partial charge in [-0.25, -0.2) is 15.0 Å². The Morgan fingerprint density at radius 3 is 2.61 bits per heavy atom. The molecule has 0 saturated heterocycles. The van der Waals surface area contributed by atoms with Crippen LogP contribution in [0.15, 0.2) is 65.5 Å². The number of allylic oxidation sites excluding steroid dienone is 4. The molecule has 2 aromatic heterocycles. The van der Waals surface area contributed by atoms with Crippen molar-refractivity contribution in [3.05, 3.63) is 88.0 Å². The predicted octanol–water partition coefficient (Wildman–Crippen LogP) is 5.03. The van der Waals surface area contributed by atoms with Gasteiger partial charge in [0.2, 0.25) is 0 Å². The van der Waals surface area contributed by atoms with E-state index in [-0.39, 0.29) is 52.8 Å². The molecule has 13 heteroatoms. The molecule has 2 heterocycles. The van der Waals surface area contributed by atoms with E-state index in [1.54, 1.807) is 19.1 Å². The Kier molecular flexibility index (Phi) is 10.0.